The van der Waals surface area contributed by atoms with Gasteiger partial charge in [0.05, 0.1) is 6.10 Å². The molecule has 29 heavy (non-hydrogen) atoms. The Morgan fingerprint density at radius 3 is 2.76 bits per heavy atom. The number of aromatic amines is 1. The highest BCUT2D eigenvalue weighted by atomic mass is 32.1. The SMILES string of the molecule is CC(C)Oc1c(C(=O)Nc2nn[nH]n2)sc2cc(OCc3ccccc3)ccc12. The van der Waals surface area contributed by atoms with Gasteiger partial charge < -0.3 is 9.47 Å². The van der Waals surface area contributed by atoms with Crippen molar-refractivity contribution >= 4 is 33.3 Å². The number of anilines is 1. The molecule has 8 nitrogen and oxygen atoms in total. The molecule has 2 aromatic carbocycles. The summed E-state index contributed by atoms with van der Waals surface area (Å²) in [5.41, 5.74) is 1.09. The lowest BCUT2D eigenvalue weighted by atomic mass is 10.2. The number of fused-ring (bicyclic) bond motifs is 1. The molecular weight excluding hydrogens is 390 g/mol. The molecule has 1 amide bonds. The number of aromatic nitrogens is 4. The number of carbonyl (C=O) groups excluding carboxylic acids is 1. The third-order valence-corrected chi connectivity index (χ3v) is 5.13. The van der Waals surface area contributed by atoms with Gasteiger partial charge in [0.2, 0.25) is 0 Å². The monoisotopic (exact) mass is 409 g/mol. The summed E-state index contributed by atoms with van der Waals surface area (Å²) >= 11 is 1.33. The van der Waals surface area contributed by atoms with Crippen molar-refractivity contribution in [3.63, 3.8) is 0 Å². The standard InChI is InChI=1S/C20H19N5O3S/c1-12(2)28-17-15-9-8-14(27-11-13-6-4-3-5-7-13)10-16(15)29-18(17)19(26)21-20-22-24-25-23-20/h3-10,12H,11H2,1-2H3,(H2,21,22,23,24,25,26). The van der Waals surface area contributed by atoms with Crippen LogP contribution in [0.3, 0.4) is 0 Å². The largest absolute Gasteiger partial charge is 0.489 e. The van der Waals surface area contributed by atoms with Gasteiger partial charge in [-0.1, -0.05) is 35.4 Å². The second kappa shape index (κ2) is 8.27. The highest BCUT2D eigenvalue weighted by Gasteiger charge is 2.22. The molecule has 4 aromatic rings. The molecule has 0 bridgehead atoms. The van der Waals surface area contributed by atoms with E-state index in [1.807, 2.05) is 62.4 Å². The smallest absolute Gasteiger partial charge is 0.272 e. The molecule has 0 aliphatic rings. The number of rotatable bonds is 7. The molecule has 0 saturated heterocycles. The van der Waals surface area contributed by atoms with E-state index in [9.17, 15) is 4.79 Å². The molecule has 4 rings (SSSR count). The number of thiophene rings is 1. The van der Waals surface area contributed by atoms with Gasteiger partial charge in [0, 0.05) is 10.1 Å². The summed E-state index contributed by atoms with van der Waals surface area (Å²) in [6.07, 6.45) is -0.0847. The number of ether oxygens (including phenoxy) is 2. The van der Waals surface area contributed by atoms with Gasteiger partial charge in [-0.05, 0) is 42.8 Å². The first kappa shape index (κ1) is 18.9. The van der Waals surface area contributed by atoms with Crippen molar-refractivity contribution < 1.29 is 14.3 Å². The Bertz CT molecular complexity index is 1110. The summed E-state index contributed by atoms with van der Waals surface area (Å²) in [5, 5.41) is 16.7. The van der Waals surface area contributed by atoms with Crippen LogP contribution in [0.5, 0.6) is 11.5 Å². The molecule has 2 N–H and O–H groups in total. The Labute approximate surface area is 170 Å². The zero-order valence-electron chi connectivity index (χ0n) is 15.9. The Kier molecular flexibility index (Phi) is 5.39. The van der Waals surface area contributed by atoms with Crippen LogP contribution in [0.4, 0.5) is 5.95 Å². The van der Waals surface area contributed by atoms with Crippen molar-refractivity contribution in [3.05, 3.63) is 59.0 Å². The molecule has 0 unspecified atom stereocenters. The van der Waals surface area contributed by atoms with Gasteiger partial charge in [0.15, 0.2) is 5.75 Å². The normalized spacial score (nSPS) is 11.0. The third kappa shape index (κ3) is 4.35. The average Bonchev–Trinajstić information content (AvgIpc) is 3.34. The number of benzene rings is 2. The lowest BCUT2D eigenvalue weighted by molar-refractivity contribution is 0.102. The van der Waals surface area contributed by atoms with E-state index in [2.05, 4.69) is 25.9 Å². The Morgan fingerprint density at radius 1 is 1.21 bits per heavy atom. The van der Waals surface area contributed by atoms with Gasteiger partial charge in [0.25, 0.3) is 11.9 Å². The Balaban J connectivity index is 1.62. The minimum atomic E-state index is -0.352. The summed E-state index contributed by atoms with van der Waals surface area (Å²) in [5.74, 6) is 1.02. The minimum absolute atomic E-state index is 0.0847. The molecule has 2 heterocycles. The predicted molar refractivity (Wildman–Crippen MR) is 110 cm³/mol. The van der Waals surface area contributed by atoms with Crippen molar-refractivity contribution in [2.75, 3.05) is 5.32 Å². The maximum atomic E-state index is 12.7. The second-order valence-corrected chi connectivity index (χ2v) is 7.60. The first-order valence-corrected chi connectivity index (χ1v) is 9.86. The molecule has 2 aromatic heterocycles. The van der Waals surface area contributed by atoms with Crippen LogP contribution in [0, 0.1) is 0 Å². The third-order valence-electron chi connectivity index (χ3n) is 3.99. The summed E-state index contributed by atoms with van der Waals surface area (Å²) < 4.78 is 12.8. The Hall–Kier alpha value is -3.46. The van der Waals surface area contributed by atoms with Crippen LogP contribution >= 0.6 is 11.3 Å². The van der Waals surface area contributed by atoms with Crippen molar-refractivity contribution in [2.24, 2.45) is 0 Å². The van der Waals surface area contributed by atoms with E-state index >= 15 is 0 Å². The van der Waals surface area contributed by atoms with E-state index in [1.165, 1.54) is 11.3 Å². The molecule has 0 aliphatic carbocycles. The van der Waals surface area contributed by atoms with Gasteiger partial charge in [-0.3, -0.25) is 10.1 Å². The van der Waals surface area contributed by atoms with Crippen LogP contribution in [0.2, 0.25) is 0 Å². The molecular formula is C20H19N5O3S. The molecule has 9 heteroatoms. The quantitative estimate of drug-likeness (QED) is 0.478. The molecule has 0 spiro atoms. The maximum absolute atomic E-state index is 12.7. The second-order valence-electron chi connectivity index (χ2n) is 6.55. The lowest BCUT2D eigenvalue weighted by Gasteiger charge is -2.11. The zero-order valence-corrected chi connectivity index (χ0v) is 16.7. The zero-order chi connectivity index (χ0) is 20.2. The summed E-state index contributed by atoms with van der Waals surface area (Å²) in [6, 6.07) is 15.7. The van der Waals surface area contributed by atoms with E-state index in [0.717, 1.165) is 21.4 Å². The first-order chi connectivity index (χ1) is 14.1. The van der Waals surface area contributed by atoms with Gasteiger partial charge in [-0.25, -0.2) is 0 Å². The van der Waals surface area contributed by atoms with Gasteiger partial charge in [0.1, 0.15) is 17.2 Å². The van der Waals surface area contributed by atoms with Crippen LogP contribution in [0.25, 0.3) is 10.1 Å². The summed E-state index contributed by atoms with van der Waals surface area (Å²) in [7, 11) is 0. The maximum Gasteiger partial charge on any atom is 0.272 e. The predicted octanol–water partition coefficient (Wildman–Crippen LogP) is 4.03. The number of carbonyl (C=O) groups is 1. The number of amides is 1. The van der Waals surface area contributed by atoms with Crippen LogP contribution in [0.15, 0.2) is 48.5 Å². The fourth-order valence-corrected chi connectivity index (χ4v) is 3.82. The van der Waals surface area contributed by atoms with E-state index < -0.39 is 0 Å². The number of hydrogen-bond donors (Lipinski definition) is 2. The number of hydrogen-bond acceptors (Lipinski definition) is 7. The van der Waals surface area contributed by atoms with Gasteiger partial charge in [-0.15, -0.1) is 16.4 Å². The number of nitrogens with one attached hydrogen (secondary N) is 2. The Morgan fingerprint density at radius 2 is 2.03 bits per heavy atom. The number of nitrogens with zero attached hydrogens (tertiary/aromatic N) is 3. The molecule has 0 saturated carbocycles. The highest BCUT2D eigenvalue weighted by molar-refractivity contribution is 7.21. The topological polar surface area (TPSA) is 102 Å². The average molecular weight is 409 g/mol. The molecule has 0 aliphatic heterocycles. The van der Waals surface area contributed by atoms with E-state index in [4.69, 9.17) is 9.47 Å². The fraction of sp³-hybridized carbons (Fsp3) is 0.200. The number of H-pyrrole nitrogens is 1. The molecule has 0 atom stereocenters. The van der Waals surface area contributed by atoms with E-state index in [0.29, 0.717) is 17.2 Å². The van der Waals surface area contributed by atoms with Crippen molar-refractivity contribution in [3.8, 4) is 11.5 Å². The lowest BCUT2D eigenvalue weighted by Crippen LogP contribution is -2.14. The molecule has 0 radical (unpaired) electrons. The van der Waals surface area contributed by atoms with Crippen LogP contribution < -0.4 is 14.8 Å². The van der Waals surface area contributed by atoms with Crippen LogP contribution in [0.1, 0.15) is 29.1 Å². The highest BCUT2D eigenvalue weighted by Crippen LogP contribution is 2.40. The van der Waals surface area contributed by atoms with Crippen molar-refractivity contribution in [2.45, 2.75) is 26.6 Å². The van der Waals surface area contributed by atoms with Crippen LogP contribution in [-0.2, 0) is 6.61 Å². The first-order valence-electron chi connectivity index (χ1n) is 9.05. The molecule has 148 valence electrons. The van der Waals surface area contributed by atoms with Gasteiger partial charge >= 0.3 is 0 Å². The van der Waals surface area contributed by atoms with Gasteiger partial charge in [-0.2, -0.15) is 5.21 Å². The van der Waals surface area contributed by atoms with Crippen molar-refractivity contribution in [1.29, 1.82) is 0 Å². The molecule has 0 fully saturated rings. The minimum Gasteiger partial charge on any atom is -0.489 e. The number of tetrazole rings is 1. The summed E-state index contributed by atoms with van der Waals surface area (Å²) in [6.45, 7) is 4.31. The summed E-state index contributed by atoms with van der Waals surface area (Å²) in [4.78, 5) is 13.2. The van der Waals surface area contributed by atoms with E-state index in [1.54, 1.807) is 0 Å². The van der Waals surface area contributed by atoms with Crippen LogP contribution in [-0.4, -0.2) is 32.6 Å². The van der Waals surface area contributed by atoms with E-state index in [-0.39, 0.29) is 18.0 Å². The van der Waals surface area contributed by atoms with Crippen molar-refractivity contribution in [1.82, 2.24) is 20.6 Å². The fourth-order valence-electron chi connectivity index (χ4n) is 2.76.